The Morgan fingerprint density at radius 2 is 2.00 bits per heavy atom. The summed E-state index contributed by atoms with van der Waals surface area (Å²) in [5, 5.41) is 11.8. The number of aliphatic hydroxyl groups excluding tert-OH is 1. The predicted octanol–water partition coefficient (Wildman–Crippen LogP) is 2.89. The van der Waals surface area contributed by atoms with Gasteiger partial charge in [-0.1, -0.05) is 44.7 Å². The fourth-order valence-corrected chi connectivity index (χ4v) is 1.84. The largest absolute Gasteiger partial charge is 0.395 e. The summed E-state index contributed by atoms with van der Waals surface area (Å²) < 4.78 is 0. The minimum absolute atomic E-state index is 0.0000199. The van der Waals surface area contributed by atoms with Gasteiger partial charge in [0, 0.05) is 17.9 Å². The smallest absolute Gasteiger partial charge is 0.223 e. The van der Waals surface area contributed by atoms with Crippen LogP contribution in [0.25, 0.3) is 0 Å². The highest BCUT2D eigenvalue weighted by Gasteiger charge is 2.18. The van der Waals surface area contributed by atoms with Crippen molar-refractivity contribution in [1.82, 2.24) is 5.32 Å². The standard InChI is InChI=1S/C18H25NO2/c1-13(2)14(3)18(21)19-15(4)17-10-7-9-16(12-17)8-5-6-11-20/h7,9-10,12-15,20H,6,11H2,1-4H3,(H,19,21). The van der Waals surface area contributed by atoms with Crippen LogP contribution in [0.15, 0.2) is 24.3 Å². The van der Waals surface area contributed by atoms with Crippen molar-refractivity contribution < 1.29 is 9.90 Å². The Kier molecular flexibility index (Phi) is 6.98. The zero-order valence-corrected chi connectivity index (χ0v) is 13.3. The van der Waals surface area contributed by atoms with Gasteiger partial charge in [-0.15, -0.1) is 0 Å². The normalized spacial score (nSPS) is 13.2. The molecule has 0 saturated heterocycles. The Morgan fingerprint density at radius 3 is 2.62 bits per heavy atom. The first-order chi connectivity index (χ1) is 9.95. The van der Waals surface area contributed by atoms with E-state index in [1.165, 1.54) is 0 Å². The van der Waals surface area contributed by atoms with Crippen LogP contribution < -0.4 is 5.32 Å². The van der Waals surface area contributed by atoms with Crippen molar-refractivity contribution in [3.63, 3.8) is 0 Å². The van der Waals surface area contributed by atoms with E-state index in [2.05, 4.69) is 17.2 Å². The number of hydrogen-bond acceptors (Lipinski definition) is 2. The summed E-state index contributed by atoms with van der Waals surface area (Å²) in [5.41, 5.74) is 1.94. The van der Waals surface area contributed by atoms with Crippen LogP contribution in [0.5, 0.6) is 0 Å². The summed E-state index contributed by atoms with van der Waals surface area (Å²) in [6.07, 6.45) is 0.475. The molecule has 0 aliphatic carbocycles. The molecule has 3 heteroatoms. The minimum atomic E-state index is -0.0432. The summed E-state index contributed by atoms with van der Waals surface area (Å²) in [5.74, 6) is 6.32. The van der Waals surface area contributed by atoms with Crippen molar-refractivity contribution in [3.05, 3.63) is 35.4 Å². The van der Waals surface area contributed by atoms with Crippen LogP contribution in [-0.4, -0.2) is 17.6 Å². The molecule has 0 saturated carbocycles. The molecule has 0 aliphatic rings. The van der Waals surface area contributed by atoms with Crippen LogP contribution in [0.2, 0.25) is 0 Å². The Bertz CT molecular complexity index is 526. The van der Waals surface area contributed by atoms with Gasteiger partial charge in [-0.05, 0) is 30.5 Å². The van der Waals surface area contributed by atoms with Gasteiger partial charge in [-0.2, -0.15) is 0 Å². The second-order valence-electron chi connectivity index (χ2n) is 5.66. The molecule has 1 rings (SSSR count). The van der Waals surface area contributed by atoms with Crippen molar-refractivity contribution in [2.45, 2.75) is 40.2 Å². The average Bonchev–Trinajstić information content (AvgIpc) is 2.46. The van der Waals surface area contributed by atoms with Crippen LogP contribution in [-0.2, 0) is 4.79 Å². The molecule has 0 spiro atoms. The van der Waals surface area contributed by atoms with Crippen LogP contribution >= 0.6 is 0 Å². The number of benzene rings is 1. The maximum Gasteiger partial charge on any atom is 0.223 e. The van der Waals surface area contributed by atoms with Crippen molar-refractivity contribution in [1.29, 1.82) is 0 Å². The molecule has 0 fully saturated rings. The molecule has 21 heavy (non-hydrogen) atoms. The van der Waals surface area contributed by atoms with Gasteiger partial charge in [0.2, 0.25) is 5.91 Å². The highest BCUT2D eigenvalue weighted by molar-refractivity contribution is 5.78. The lowest BCUT2D eigenvalue weighted by Gasteiger charge is -2.20. The topological polar surface area (TPSA) is 49.3 Å². The number of rotatable bonds is 5. The number of carbonyl (C=O) groups excluding carboxylic acids is 1. The Balaban J connectivity index is 2.75. The van der Waals surface area contributed by atoms with E-state index >= 15 is 0 Å². The van der Waals surface area contributed by atoms with E-state index < -0.39 is 0 Å². The monoisotopic (exact) mass is 287 g/mol. The van der Waals surface area contributed by atoms with Gasteiger partial charge >= 0.3 is 0 Å². The summed E-state index contributed by atoms with van der Waals surface area (Å²) in [7, 11) is 0. The number of amides is 1. The molecule has 2 atom stereocenters. The summed E-state index contributed by atoms with van der Waals surface area (Å²) >= 11 is 0. The quantitative estimate of drug-likeness (QED) is 0.818. The molecule has 0 aliphatic heterocycles. The zero-order valence-electron chi connectivity index (χ0n) is 13.3. The lowest BCUT2D eigenvalue weighted by Crippen LogP contribution is -2.33. The van der Waals surface area contributed by atoms with Crippen molar-refractivity contribution >= 4 is 5.91 Å². The van der Waals surface area contributed by atoms with Gasteiger partial charge in [0.05, 0.1) is 12.6 Å². The number of nitrogens with one attached hydrogen (secondary N) is 1. The molecule has 1 aromatic carbocycles. The van der Waals surface area contributed by atoms with E-state index in [1.807, 2.05) is 52.0 Å². The molecule has 0 radical (unpaired) electrons. The van der Waals surface area contributed by atoms with Gasteiger partial charge in [-0.3, -0.25) is 4.79 Å². The van der Waals surface area contributed by atoms with Crippen molar-refractivity contribution in [3.8, 4) is 11.8 Å². The first-order valence-corrected chi connectivity index (χ1v) is 7.45. The third kappa shape index (κ3) is 5.61. The van der Waals surface area contributed by atoms with Gasteiger partial charge in [-0.25, -0.2) is 0 Å². The molecule has 1 aromatic rings. The maximum atomic E-state index is 12.1. The van der Waals surface area contributed by atoms with Gasteiger partial charge < -0.3 is 10.4 Å². The summed E-state index contributed by atoms with van der Waals surface area (Å²) in [6, 6.07) is 7.79. The molecule has 114 valence electrons. The molecular formula is C18H25NO2. The fraction of sp³-hybridized carbons (Fsp3) is 0.500. The summed E-state index contributed by atoms with van der Waals surface area (Å²) in [4.78, 5) is 12.1. The van der Waals surface area contributed by atoms with Gasteiger partial charge in [0.15, 0.2) is 0 Å². The zero-order chi connectivity index (χ0) is 15.8. The minimum Gasteiger partial charge on any atom is -0.395 e. The molecule has 0 aromatic heterocycles. The summed E-state index contributed by atoms with van der Waals surface area (Å²) in [6.45, 7) is 8.10. The van der Waals surface area contributed by atoms with E-state index in [1.54, 1.807) is 0 Å². The lowest BCUT2D eigenvalue weighted by atomic mass is 9.96. The first kappa shape index (κ1) is 17.3. The second-order valence-corrected chi connectivity index (χ2v) is 5.66. The number of hydrogen-bond donors (Lipinski definition) is 2. The van der Waals surface area contributed by atoms with Gasteiger partial charge in [0.25, 0.3) is 0 Å². The maximum absolute atomic E-state index is 12.1. The molecule has 3 nitrogen and oxygen atoms in total. The molecule has 0 bridgehead atoms. The van der Waals surface area contributed by atoms with Crippen molar-refractivity contribution in [2.75, 3.05) is 6.61 Å². The highest BCUT2D eigenvalue weighted by atomic mass is 16.2. The third-order valence-corrected chi connectivity index (χ3v) is 3.63. The lowest BCUT2D eigenvalue weighted by molar-refractivity contribution is -0.126. The highest BCUT2D eigenvalue weighted by Crippen LogP contribution is 2.16. The Morgan fingerprint density at radius 1 is 1.29 bits per heavy atom. The Labute approximate surface area is 127 Å². The molecule has 2 unspecified atom stereocenters. The Hall–Kier alpha value is -1.79. The van der Waals surface area contributed by atoms with Crippen LogP contribution in [0.1, 0.15) is 51.3 Å². The van der Waals surface area contributed by atoms with Crippen molar-refractivity contribution in [2.24, 2.45) is 11.8 Å². The van der Waals surface area contributed by atoms with Crippen LogP contribution in [0.4, 0.5) is 0 Å². The van der Waals surface area contributed by atoms with E-state index in [9.17, 15) is 4.79 Å². The third-order valence-electron chi connectivity index (χ3n) is 3.63. The molecular weight excluding hydrogens is 262 g/mol. The van der Waals surface area contributed by atoms with E-state index in [0.29, 0.717) is 12.3 Å². The van der Waals surface area contributed by atoms with Crippen LogP contribution in [0, 0.1) is 23.7 Å². The fourth-order valence-electron chi connectivity index (χ4n) is 1.84. The average molecular weight is 287 g/mol. The molecule has 0 heterocycles. The number of aliphatic hydroxyl groups is 1. The van der Waals surface area contributed by atoms with Crippen LogP contribution in [0.3, 0.4) is 0 Å². The first-order valence-electron chi connectivity index (χ1n) is 7.45. The molecule has 2 N–H and O–H groups in total. The number of carbonyl (C=O) groups is 1. The second kappa shape index (κ2) is 8.49. The SMILES string of the molecule is CC(NC(=O)C(C)C(C)C)c1cccc(C#CCCO)c1. The predicted molar refractivity (Wildman–Crippen MR) is 85.6 cm³/mol. The van der Waals surface area contributed by atoms with Gasteiger partial charge in [0.1, 0.15) is 0 Å². The molecule has 1 amide bonds. The van der Waals surface area contributed by atoms with E-state index in [0.717, 1.165) is 11.1 Å². The van der Waals surface area contributed by atoms with E-state index in [-0.39, 0.29) is 24.5 Å². The van der Waals surface area contributed by atoms with E-state index in [4.69, 9.17) is 5.11 Å².